The van der Waals surface area contributed by atoms with Crippen LogP contribution in [0, 0.1) is 6.92 Å². The summed E-state index contributed by atoms with van der Waals surface area (Å²) in [5.74, 6) is 0.513. The Balaban J connectivity index is 1.82. The highest BCUT2D eigenvalue weighted by Gasteiger charge is 2.42. The molecule has 4 N–H and O–H groups in total. The highest BCUT2D eigenvalue weighted by atomic mass is 16.5. The Morgan fingerprint density at radius 3 is 2.15 bits per heavy atom. The molecule has 0 saturated carbocycles. The van der Waals surface area contributed by atoms with Gasteiger partial charge in [0.25, 0.3) is 0 Å². The van der Waals surface area contributed by atoms with Crippen molar-refractivity contribution in [3.05, 3.63) is 65.2 Å². The Labute approximate surface area is 195 Å². The minimum atomic E-state index is -1.18. The van der Waals surface area contributed by atoms with Gasteiger partial charge in [0.05, 0.1) is 38.6 Å². The summed E-state index contributed by atoms with van der Waals surface area (Å²) in [7, 11) is 1.63. The molecule has 1 fully saturated rings. The van der Waals surface area contributed by atoms with Crippen molar-refractivity contribution in [2.75, 3.05) is 26.9 Å². The number of amides is 1. The number of rotatable bonds is 9. The number of methoxy groups -OCH3 is 1. The Morgan fingerprint density at radius 1 is 1.06 bits per heavy atom. The van der Waals surface area contributed by atoms with E-state index in [0.29, 0.717) is 26.3 Å². The molecule has 8 heteroatoms. The molecule has 0 aliphatic carbocycles. The summed E-state index contributed by atoms with van der Waals surface area (Å²) < 4.78 is 5.26. The summed E-state index contributed by atoms with van der Waals surface area (Å²) in [6.45, 7) is 5.18. The van der Waals surface area contributed by atoms with Gasteiger partial charge in [-0.05, 0) is 30.2 Å². The molecule has 33 heavy (non-hydrogen) atoms. The zero-order valence-corrected chi connectivity index (χ0v) is 19.5. The highest BCUT2D eigenvalue weighted by Crippen LogP contribution is 2.22. The van der Waals surface area contributed by atoms with E-state index >= 15 is 0 Å². The minimum Gasteiger partial charge on any atom is -0.497 e. The Hall–Kier alpha value is -2.49. The van der Waals surface area contributed by atoms with Crippen LogP contribution in [0.5, 0.6) is 5.75 Å². The zero-order valence-electron chi connectivity index (χ0n) is 19.5. The fourth-order valence-corrected chi connectivity index (χ4v) is 4.31. The number of piperidine rings is 1. The van der Waals surface area contributed by atoms with E-state index < -0.39 is 24.3 Å². The van der Waals surface area contributed by atoms with E-state index in [0.717, 1.165) is 16.9 Å². The second-order valence-electron chi connectivity index (χ2n) is 8.77. The Bertz CT molecular complexity index is 890. The number of carbonyl (C=O) groups is 1. The number of aryl methyl sites for hydroxylation is 1. The predicted octanol–water partition coefficient (Wildman–Crippen LogP) is 0.866. The average Bonchev–Trinajstić information content (AvgIpc) is 2.79. The molecule has 1 aliphatic heterocycles. The maximum atomic E-state index is 11.6. The second kappa shape index (κ2) is 11.6. The van der Waals surface area contributed by atoms with Crippen LogP contribution in [0.15, 0.2) is 48.5 Å². The van der Waals surface area contributed by atoms with Crippen molar-refractivity contribution in [3.63, 3.8) is 0 Å². The standard InChI is InChI=1S/C25H35N3O5/c1-17-4-6-19(7-5-17)12-27(13-20-8-10-21(33-3)11-9-20)16-28-14-22(26-18(2)30)24(31)25(32)23(28)15-29/h4-11,22-25,29,31-32H,12-16H2,1-3H3,(H,26,30)/t22?,23?,24-,25-/m1/s1. The van der Waals surface area contributed by atoms with E-state index in [1.54, 1.807) is 7.11 Å². The van der Waals surface area contributed by atoms with Gasteiger partial charge in [-0.1, -0.05) is 42.0 Å². The first-order chi connectivity index (χ1) is 15.8. The number of nitrogens with one attached hydrogen (secondary N) is 1. The van der Waals surface area contributed by atoms with Gasteiger partial charge in [-0.2, -0.15) is 0 Å². The van der Waals surface area contributed by atoms with Gasteiger partial charge in [-0.3, -0.25) is 14.6 Å². The van der Waals surface area contributed by atoms with Gasteiger partial charge in [0.2, 0.25) is 5.91 Å². The highest BCUT2D eigenvalue weighted by molar-refractivity contribution is 5.73. The van der Waals surface area contributed by atoms with Crippen LogP contribution in [-0.4, -0.2) is 82.2 Å². The molecule has 2 aromatic carbocycles. The summed E-state index contributed by atoms with van der Waals surface area (Å²) in [5.41, 5.74) is 3.43. The van der Waals surface area contributed by atoms with Crippen LogP contribution < -0.4 is 10.1 Å². The van der Waals surface area contributed by atoms with E-state index in [1.165, 1.54) is 12.5 Å². The normalized spacial score (nSPS) is 23.5. The quantitative estimate of drug-likeness (QED) is 0.443. The van der Waals surface area contributed by atoms with Crippen molar-refractivity contribution >= 4 is 5.91 Å². The topological polar surface area (TPSA) is 106 Å². The molecule has 0 spiro atoms. The van der Waals surface area contributed by atoms with Crippen molar-refractivity contribution in [3.8, 4) is 5.75 Å². The number of hydrogen-bond acceptors (Lipinski definition) is 7. The molecule has 0 bridgehead atoms. The van der Waals surface area contributed by atoms with Gasteiger partial charge in [-0.15, -0.1) is 0 Å². The SMILES string of the molecule is COc1ccc(CN(Cc2ccc(C)cc2)CN2CC(NC(C)=O)[C@@H](O)[C@H](O)C2CO)cc1. The number of aliphatic hydroxyl groups excluding tert-OH is 3. The second-order valence-corrected chi connectivity index (χ2v) is 8.77. The summed E-state index contributed by atoms with van der Waals surface area (Å²) >= 11 is 0. The van der Waals surface area contributed by atoms with Gasteiger partial charge in [-0.25, -0.2) is 0 Å². The Morgan fingerprint density at radius 2 is 1.64 bits per heavy atom. The van der Waals surface area contributed by atoms with Crippen LogP contribution in [0.1, 0.15) is 23.6 Å². The number of nitrogens with zero attached hydrogens (tertiary/aromatic N) is 2. The number of hydrogen-bond donors (Lipinski definition) is 4. The minimum absolute atomic E-state index is 0.275. The molecular formula is C25H35N3O5. The van der Waals surface area contributed by atoms with Crippen LogP contribution in [0.25, 0.3) is 0 Å². The molecule has 180 valence electrons. The van der Waals surface area contributed by atoms with Crippen molar-refractivity contribution in [2.45, 2.75) is 51.2 Å². The Kier molecular flexibility index (Phi) is 8.82. The fourth-order valence-electron chi connectivity index (χ4n) is 4.31. The first-order valence-corrected chi connectivity index (χ1v) is 11.2. The number of ether oxygens (including phenoxy) is 1. The molecule has 3 rings (SSSR count). The van der Waals surface area contributed by atoms with Crippen molar-refractivity contribution in [1.82, 2.24) is 15.1 Å². The first kappa shape index (κ1) is 25.1. The number of likely N-dealkylation sites (tertiary alicyclic amines) is 1. The molecule has 2 unspecified atom stereocenters. The van der Waals surface area contributed by atoms with Crippen molar-refractivity contribution < 1.29 is 24.9 Å². The summed E-state index contributed by atoms with van der Waals surface area (Å²) in [6, 6.07) is 14.9. The molecule has 1 amide bonds. The lowest BCUT2D eigenvalue weighted by atomic mass is 9.92. The fraction of sp³-hybridized carbons (Fsp3) is 0.480. The molecular weight excluding hydrogens is 422 g/mol. The number of carbonyl (C=O) groups excluding carboxylic acids is 1. The molecule has 4 atom stereocenters. The molecule has 1 heterocycles. The molecule has 8 nitrogen and oxygen atoms in total. The lowest BCUT2D eigenvalue weighted by Gasteiger charge is -2.46. The summed E-state index contributed by atoms with van der Waals surface area (Å²) in [5, 5.41) is 33.8. The number of aliphatic hydroxyl groups is 3. The van der Waals surface area contributed by atoms with Crippen molar-refractivity contribution in [2.24, 2.45) is 0 Å². The van der Waals surface area contributed by atoms with E-state index in [4.69, 9.17) is 4.74 Å². The van der Waals surface area contributed by atoms with Gasteiger partial charge >= 0.3 is 0 Å². The third-order valence-electron chi connectivity index (χ3n) is 6.11. The monoisotopic (exact) mass is 457 g/mol. The summed E-state index contributed by atoms with van der Waals surface area (Å²) in [6.07, 6.45) is -2.32. The van der Waals surface area contributed by atoms with Crippen LogP contribution >= 0.6 is 0 Å². The van der Waals surface area contributed by atoms with Gasteiger partial charge in [0, 0.05) is 26.6 Å². The van der Waals surface area contributed by atoms with Gasteiger partial charge < -0.3 is 25.4 Å². The van der Waals surface area contributed by atoms with Crippen LogP contribution in [0.2, 0.25) is 0 Å². The zero-order chi connectivity index (χ0) is 24.0. The lowest BCUT2D eigenvalue weighted by molar-refractivity contribution is -0.132. The maximum Gasteiger partial charge on any atom is 0.217 e. The average molecular weight is 458 g/mol. The molecule has 1 saturated heterocycles. The lowest BCUT2D eigenvalue weighted by Crippen LogP contribution is -2.67. The molecule has 0 radical (unpaired) electrons. The van der Waals surface area contributed by atoms with E-state index in [1.807, 2.05) is 36.1 Å². The summed E-state index contributed by atoms with van der Waals surface area (Å²) in [4.78, 5) is 15.8. The van der Waals surface area contributed by atoms with Crippen LogP contribution in [0.3, 0.4) is 0 Å². The van der Waals surface area contributed by atoms with Gasteiger partial charge in [0.1, 0.15) is 11.9 Å². The van der Waals surface area contributed by atoms with E-state index in [9.17, 15) is 20.1 Å². The van der Waals surface area contributed by atoms with E-state index in [-0.39, 0.29) is 12.5 Å². The van der Waals surface area contributed by atoms with Crippen LogP contribution in [0.4, 0.5) is 0 Å². The molecule has 0 aromatic heterocycles. The predicted molar refractivity (Wildman–Crippen MR) is 125 cm³/mol. The van der Waals surface area contributed by atoms with Crippen molar-refractivity contribution in [1.29, 1.82) is 0 Å². The maximum absolute atomic E-state index is 11.6. The number of benzene rings is 2. The van der Waals surface area contributed by atoms with Gasteiger partial charge in [0.15, 0.2) is 0 Å². The smallest absolute Gasteiger partial charge is 0.217 e. The largest absolute Gasteiger partial charge is 0.497 e. The third-order valence-corrected chi connectivity index (χ3v) is 6.11. The molecule has 1 aliphatic rings. The molecule has 2 aromatic rings. The van der Waals surface area contributed by atoms with Crippen LogP contribution in [-0.2, 0) is 17.9 Å². The van der Waals surface area contributed by atoms with E-state index in [2.05, 4.69) is 34.5 Å². The first-order valence-electron chi connectivity index (χ1n) is 11.2. The third kappa shape index (κ3) is 6.75.